The molecule has 1 amide bonds. The lowest BCUT2D eigenvalue weighted by molar-refractivity contribution is -0.126. The Morgan fingerprint density at radius 3 is 2.63 bits per heavy atom. The molecule has 0 bridgehead atoms. The van der Waals surface area contributed by atoms with Crippen molar-refractivity contribution in [2.24, 2.45) is 5.41 Å². The average molecular weight is 573 g/mol. The standard InChI is InChI=1S/C31H36N6O3S/c1-21-20-40-17-16-37(21)26-18-25(31(12-13-31)41(39)35-29(38)30(2,3)4)33-27(34-26)23-10-14-32-28-24(23)11-15-36(28)19-22-8-6-5-7-9-22/h5-11,14-15,18,21H,12-13,16-17,19-20H2,1-4H3,(H,35,38)/t21-,41-/m1/s1. The second-order valence-corrected chi connectivity index (χ2v) is 13.5. The van der Waals surface area contributed by atoms with Crippen molar-refractivity contribution in [1.82, 2.24) is 24.2 Å². The molecule has 1 aliphatic carbocycles. The van der Waals surface area contributed by atoms with Gasteiger partial charge in [-0.05, 0) is 37.5 Å². The number of nitrogens with zero attached hydrogens (tertiary/aromatic N) is 5. The monoisotopic (exact) mass is 572 g/mol. The van der Waals surface area contributed by atoms with Crippen molar-refractivity contribution in [2.75, 3.05) is 24.7 Å². The summed E-state index contributed by atoms with van der Waals surface area (Å²) in [4.78, 5) is 29.8. The van der Waals surface area contributed by atoms with Gasteiger partial charge in [-0.25, -0.2) is 19.2 Å². The molecule has 0 radical (unpaired) electrons. The molecule has 1 saturated carbocycles. The molecule has 4 heterocycles. The highest BCUT2D eigenvalue weighted by Gasteiger charge is 2.53. The predicted molar refractivity (Wildman–Crippen MR) is 161 cm³/mol. The summed E-state index contributed by atoms with van der Waals surface area (Å²) in [7, 11) is -1.63. The third kappa shape index (κ3) is 5.38. The van der Waals surface area contributed by atoms with E-state index >= 15 is 0 Å². The van der Waals surface area contributed by atoms with Crippen molar-refractivity contribution in [3.05, 3.63) is 72.2 Å². The maximum atomic E-state index is 13.6. The lowest BCUT2D eigenvalue weighted by Crippen LogP contribution is -2.44. The number of nitrogens with one attached hydrogen (secondary N) is 1. The van der Waals surface area contributed by atoms with Gasteiger partial charge in [-0.1, -0.05) is 51.1 Å². The molecule has 10 heteroatoms. The number of pyridine rings is 1. The van der Waals surface area contributed by atoms with Gasteiger partial charge in [0.05, 0.1) is 24.9 Å². The van der Waals surface area contributed by atoms with E-state index in [9.17, 15) is 9.00 Å². The van der Waals surface area contributed by atoms with Crippen LogP contribution < -0.4 is 9.62 Å². The topological polar surface area (TPSA) is 102 Å². The highest BCUT2D eigenvalue weighted by Crippen LogP contribution is 2.51. The number of hydrogen-bond donors (Lipinski definition) is 1. The fourth-order valence-electron chi connectivity index (χ4n) is 5.18. The molecule has 2 aliphatic rings. The summed E-state index contributed by atoms with van der Waals surface area (Å²) < 4.78 is 23.5. The number of aromatic nitrogens is 4. The highest BCUT2D eigenvalue weighted by atomic mass is 32.2. The van der Waals surface area contributed by atoms with Crippen LogP contribution in [-0.4, -0.2) is 55.4 Å². The van der Waals surface area contributed by atoms with Gasteiger partial charge in [0.25, 0.3) is 0 Å². The minimum absolute atomic E-state index is 0.130. The summed E-state index contributed by atoms with van der Waals surface area (Å²) in [6, 6.07) is 16.4. The molecule has 4 aromatic rings. The minimum atomic E-state index is -1.63. The van der Waals surface area contributed by atoms with Crippen LogP contribution in [0.15, 0.2) is 60.9 Å². The van der Waals surface area contributed by atoms with Gasteiger partial charge in [0.15, 0.2) is 5.82 Å². The molecule has 3 aromatic heterocycles. The van der Waals surface area contributed by atoms with Gasteiger partial charge >= 0.3 is 0 Å². The van der Waals surface area contributed by atoms with E-state index in [0.717, 1.165) is 22.4 Å². The molecule has 2 fully saturated rings. The first-order valence-corrected chi connectivity index (χ1v) is 15.3. The summed E-state index contributed by atoms with van der Waals surface area (Å²) in [5.74, 6) is 1.10. The Labute approximate surface area is 242 Å². The Bertz CT molecular complexity index is 1610. The lowest BCUT2D eigenvalue weighted by Gasteiger charge is -2.34. The largest absolute Gasteiger partial charge is 0.377 e. The number of carbonyl (C=O) groups excluding carboxylic acids is 1. The molecule has 1 aliphatic heterocycles. The SMILES string of the molecule is C[C@@H]1COCCN1c1cc(C2([S@@](=O)NC(=O)C(C)(C)C)CC2)nc(-c2ccnc3c2ccn3Cc2ccccc2)n1. The second-order valence-electron chi connectivity index (χ2n) is 12.0. The zero-order valence-electron chi connectivity index (χ0n) is 24.0. The van der Waals surface area contributed by atoms with E-state index in [1.54, 1.807) is 6.20 Å². The zero-order chi connectivity index (χ0) is 28.8. The Morgan fingerprint density at radius 2 is 1.93 bits per heavy atom. The molecule has 1 N–H and O–H groups in total. The van der Waals surface area contributed by atoms with Crippen molar-refractivity contribution in [3.8, 4) is 11.4 Å². The van der Waals surface area contributed by atoms with Crippen molar-refractivity contribution < 1.29 is 13.7 Å². The number of morpholine rings is 1. The summed E-state index contributed by atoms with van der Waals surface area (Å²) >= 11 is 0. The number of rotatable bonds is 7. The molecule has 1 saturated heterocycles. The van der Waals surface area contributed by atoms with Crippen LogP contribution in [-0.2, 0) is 31.8 Å². The van der Waals surface area contributed by atoms with E-state index in [4.69, 9.17) is 19.7 Å². The first kappa shape index (κ1) is 27.5. The predicted octanol–water partition coefficient (Wildman–Crippen LogP) is 4.58. The van der Waals surface area contributed by atoms with Gasteiger partial charge in [-0.15, -0.1) is 0 Å². The first-order valence-electron chi connectivity index (χ1n) is 14.1. The summed E-state index contributed by atoms with van der Waals surface area (Å²) in [5.41, 5.74) is 2.95. The van der Waals surface area contributed by atoms with Crippen LogP contribution >= 0.6 is 0 Å². The van der Waals surface area contributed by atoms with Gasteiger partial charge in [0.2, 0.25) is 5.91 Å². The Kier molecular flexibility index (Phi) is 7.15. The maximum Gasteiger partial charge on any atom is 0.237 e. The van der Waals surface area contributed by atoms with Gasteiger partial charge in [0, 0.05) is 47.9 Å². The highest BCUT2D eigenvalue weighted by molar-refractivity contribution is 7.85. The van der Waals surface area contributed by atoms with E-state index in [1.165, 1.54) is 5.56 Å². The van der Waals surface area contributed by atoms with Crippen LogP contribution in [0.3, 0.4) is 0 Å². The third-order valence-electron chi connectivity index (χ3n) is 7.87. The third-order valence-corrected chi connectivity index (χ3v) is 9.56. The molecule has 1 aromatic carbocycles. The number of ether oxygens (including phenoxy) is 1. The van der Waals surface area contributed by atoms with Crippen LogP contribution in [0.2, 0.25) is 0 Å². The normalized spacial score (nSPS) is 19.2. The molecular formula is C31H36N6O3S. The molecule has 6 rings (SSSR count). The van der Waals surface area contributed by atoms with Crippen molar-refractivity contribution in [2.45, 2.75) is 57.9 Å². The molecule has 41 heavy (non-hydrogen) atoms. The molecule has 2 atom stereocenters. The number of fused-ring (bicyclic) bond motifs is 1. The van der Waals surface area contributed by atoms with E-state index in [2.05, 4.69) is 39.3 Å². The van der Waals surface area contributed by atoms with E-state index < -0.39 is 21.1 Å². The quantitative estimate of drug-likeness (QED) is 0.346. The second kappa shape index (κ2) is 10.6. The van der Waals surface area contributed by atoms with Crippen LogP contribution in [0, 0.1) is 5.41 Å². The fraction of sp³-hybridized carbons (Fsp3) is 0.419. The lowest BCUT2D eigenvalue weighted by atomic mass is 9.96. The number of carbonyl (C=O) groups is 1. The summed E-state index contributed by atoms with van der Waals surface area (Å²) in [6.07, 6.45) is 5.19. The smallest absolute Gasteiger partial charge is 0.237 e. The van der Waals surface area contributed by atoms with Crippen molar-refractivity contribution >= 4 is 33.7 Å². The molecule has 0 spiro atoms. The Morgan fingerprint density at radius 1 is 1.15 bits per heavy atom. The zero-order valence-corrected chi connectivity index (χ0v) is 24.8. The van der Waals surface area contributed by atoms with E-state index in [1.807, 2.05) is 57.3 Å². The van der Waals surface area contributed by atoms with Gasteiger partial charge in [-0.2, -0.15) is 0 Å². The maximum absolute atomic E-state index is 13.6. The Balaban J connectivity index is 1.43. The van der Waals surface area contributed by atoms with Gasteiger partial charge < -0.3 is 14.2 Å². The molecule has 0 unspecified atom stereocenters. The first-order chi connectivity index (χ1) is 19.7. The minimum Gasteiger partial charge on any atom is -0.377 e. The fourth-order valence-corrected chi connectivity index (χ4v) is 6.62. The number of amides is 1. The average Bonchev–Trinajstić information content (AvgIpc) is 3.69. The Hall–Kier alpha value is -3.63. The number of hydrogen-bond acceptors (Lipinski definition) is 7. The number of anilines is 1. The van der Waals surface area contributed by atoms with Gasteiger partial charge in [-0.3, -0.25) is 9.52 Å². The van der Waals surface area contributed by atoms with Crippen molar-refractivity contribution in [3.63, 3.8) is 0 Å². The molecular weight excluding hydrogens is 536 g/mol. The van der Waals surface area contributed by atoms with Crippen LogP contribution in [0.1, 0.15) is 51.8 Å². The van der Waals surface area contributed by atoms with E-state index in [0.29, 0.717) is 50.7 Å². The summed E-state index contributed by atoms with van der Waals surface area (Å²) in [6.45, 7) is 10.2. The van der Waals surface area contributed by atoms with Crippen LogP contribution in [0.5, 0.6) is 0 Å². The van der Waals surface area contributed by atoms with E-state index in [-0.39, 0.29) is 11.9 Å². The van der Waals surface area contributed by atoms with Crippen molar-refractivity contribution in [1.29, 1.82) is 0 Å². The molecule has 9 nitrogen and oxygen atoms in total. The van der Waals surface area contributed by atoms with Crippen LogP contribution in [0.4, 0.5) is 5.82 Å². The number of benzene rings is 1. The summed E-state index contributed by atoms with van der Waals surface area (Å²) in [5, 5.41) is 0.952. The van der Waals surface area contributed by atoms with Crippen LogP contribution in [0.25, 0.3) is 22.4 Å². The van der Waals surface area contributed by atoms with Gasteiger partial charge in [0.1, 0.15) is 27.2 Å². The molecule has 214 valence electrons.